The molecule has 0 aliphatic heterocycles. The maximum Gasteiger partial charge on any atom is 0.130 e. The van der Waals surface area contributed by atoms with Gasteiger partial charge in [0.05, 0.1) is 11.5 Å². The van der Waals surface area contributed by atoms with E-state index in [2.05, 4.69) is 44.0 Å². The van der Waals surface area contributed by atoms with E-state index >= 15 is 0 Å². The first-order valence-electron chi connectivity index (χ1n) is 10.4. The van der Waals surface area contributed by atoms with Crippen LogP contribution in [0.3, 0.4) is 0 Å². The lowest BCUT2D eigenvalue weighted by atomic mass is 9.68. The maximum atomic E-state index is 14.6. The summed E-state index contributed by atoms with van der Waals surface area (Å²) in [5, 5.41) is 10.1. The molecular weight excluding hydrogens is 366 g/mol. The summed E-state index contributed by atoms with van der Waals surface area (Å²) >= 11 is 0. The molecule has 0 bridgehead atoms. The molecule has 156 valence electrons. The molecule has 0 spiro atoms. The number of benzene rings is 2. The van der Waals surface area contributed by atoms with Gasteiger partial charge in [0, 0.05) is 17.6 Å². The SMILES string of the molecule is CCC(CCC(C#N)(c1c(F)cccc1F)C(C)C)N(C)C(C)c1ccccc1. The lowest BCUT2D eigenvalue weighted by Crippen LogP contribution is -2.38. The summed E-state index contributed by atoms with van der Waals surface area (Å²) < 4.78 is 29.2. The summed E-state index contributed by atoms with van der Waals surface area (Å²) in [6.45, 7) is 8.01. The molecule has 3 atom stereocenters. The average molecular weight is 399 g/mol. The van der Waals surface area contributed by atoms with Crippen molar-refractivity contribution in [1.29, 1.82) is 5.26 Å². The minimum absolute atomic E-state index is 0.0916. The fourth-order valence-electron chi connectivity index (χ4n) is 4.24. The molecule has 2 rings (SSSR count). The second-order valence-corrected chi connectivity index (χ2v) is 8.19. The van der Waals surface area contributed by atoms with Crippen LogP contribution < -0.4 is 0 Å². The number of nitriles is 1. The molecule has 2 nitrogen and oxygen atoms in total. The number of halogens is 2. The average Bonchev–Trinajstić information content (AvgIpc) is 2.72. The Bertz CT molecular complexity index is 808. The molecule has 0 aliphatic rings. The van der Waals surface area contributed by atoms with Crippen LogP contribution in [0.2, 0.25) is 0 Å². The van der Waals surface area contributed by atoms with Gasteiger partial charge in [-0.25, -0.2) is 8.78 Å². The van der Waals surface area contributed by atoms with E-state index in [0.717, 1.165) is 6.42 Å². The zero-order chi connectivity index (χ0) is 21.6. The van der Waals surface area contributed by atoms with E-state index in [4.69, 9.17) is 0 Å². The highest BCUT2D eigenvalue weighted by atomic mass is 19.1. The largest absolute Gasteiger partial charge is 0.297 e. The molecule has 0 aliphatic carbocycles. The molecule has 2 aromatic rings. The fraction of sp³-hybridized carbons (Fsp3) is 0.480. The molecule has 3 unspecified atom stereocenters. The first-order valence-corrected chi connectivity index (χ1v) is 10.4. The van der Waals surface area contributed by atoms with E-state index < -0.39 is 17.0 Å². The van der Waals surface area contributed by atoms with Crippen LogP contribution >= 0.6 is 0 Å². The van der Waals surface area contributed by atoms with Gasteiger partial charge in [0.25, 0.3) is 0 Å². The highest BCUT2D eigenvalue weighted by molar-refractivity contribution is 5.36. The van der Waals surface area contributed by atoms with E-state index in [9.17, 15) is 14.0 Å². The Morgan fingerprint density at radius 2 is 1.59 bits per heavy atom. The minimum atomic E-state index is -1.19. The van der Waals surface area contributed by atoms with Gasteiger partial charge in [-0.15, -0.1) is 0 Å². The third-order valence-electron chi connectivity index (χ3n) is 6.41. The lowest BCUT2D eigenvalue weighted by molar-refractivity contribution is 0.157. The van der Waals surface area contributed by atoms with Gasteiger partial charge < -0.3 is 0 Å². The summed E-state index contributed by atoms with van der Waals surface area (Å²) in [6, 6.07) is 16.8. The van der Waals surface area contributed by atoms with Crippen LogP contribution in [0.1, 0.15) is 64.1 Å². The Morgan fingerprint density at radius 1 is 1.00 bits per heavy atom. The highest BCUT2D eigenvalue weighted by Crippen LogP contribution is 2.40. The minimum Gasteiger partial charge on any atom is -0.297 e. The Kier molecular flexibility index (Phi) is 7.93. The Hall–Kier alpha value is -2.25. The molecule has 0 N–H and O–H groups in total. The smallest absolute Gasteiger partial charge is 0.130 e. The van der Waals surface area contributed by atoms with Crippen LogP contribution in [-0.2, 0) is 5.41 Å². The van der Waals surface area contributed by atoms with E-state index in [1.165, 1.54) is 23.8 Å². The molecular formula is C25H32F2N2. The molecule has 0 saturated heterocycles. The van der Waals surface area contributed by atoms with Crippen molar-refractivity contribution in [3.8, 4) is 6.07 Å². The summed E-state index contributed by atoms with van der Waals surface area (Å²) in [6.07, 6.45) is 1.99. The third kappa shape index (κ3) is 4.85. The van der Waals surface area contributed by atoms with Crippen molar-refractivity contribution in [2.24, 2.45) is 5.92 Å². The molecule has 0 aromatic heterocycles. The summed E-state index contributed by atoms with van der Waals surface area (Å²) in [5.74, 6) is -1.49. The van der Waals surface area contributed by atoms with Crippen LogP contribution in [0, 0.1) is 28.9 Å². The van der Waals surface area contributed by atoms with E-state index in [1.807, 2.05) is 32.0 Å². The van der Waals surface area contributed by atoms with Gasteiger partial charge in [-0.05, 0) is 56.8 Å². The standard InChI is InChI=1S/C25H32F2N2/c1-6-21(29(5)19(4)20-11-8-7-9-12-20)15-16-25(17-28,18(2)3)24-22(26)13-10-14-23(24)27/h7-14,18-19,21H,6,15-16H2,1-5H3. The van der Waals surface area contributed by atoms with Crippen LogP contribution in [0.15, 0.2) is 48.5 Å². The van der Waals surface area contributed by atoms with Crippen LogP contribution in [-0.4, -0.2) is 18.0 Å². The zero-order valence-corrected chi connectivity index (χ0v) is 18.1. The first-order chi connectivity index (χ1) is 13.8. The van der Waals surface area contributed by atoms with Crippen molar-refractivity contribution < 1.29 is 8.78 Å². The molecule has 0 heterocycles. The molecule has 0 fully saturated rings. The maximum absolute atomic E-state index is 14.6. The molecule has 29 heavy (non-hydrogen) atoms. The van der Waals surface area contributed by atoms with Crippen molar-refractivity contribution in [2.75, 3.05) is 7.05 Å². The molecule has 0 radical (unpaired) electrons. The normalized spacial score (nSPS) is 15.7. The van der Waals surface area contributed by atoms with Gasteiger partial charge in [0.15, 0.2) is 0 Å². The Balaban J connectivity index is 2.29. The second kappa shape index (κ2) is 9.98. The molecule has 2 aromatic carbocycles. The highest BCUT2D eigenvalue weighted by Gasteiger charge is 2.41. The second-order valence-electron chi connectivity index (χ2n) is 8.19. The topological polar surface area (TPSA) is 27.0 Å². The van der Waals surface area contributed by atoms with E-state index in [1.54, 1.807) is 0 Å². The predicted octanol–water partition coefficient (Wildman–Crippen LogP) is 6.63. The Morgan fingerprint density at radius 3 is 2.07 bits per heavy atom. The van der Waals surface area contributed by atoms with Crippen molar-refractivity contribution in [2.45, 2.75) is 64.5 Å². The first kappa shape index (κ1) is 23.0. The van der Waals surface area contributed by atoms with Gasteiger partial charge >= 0.3 is 0 Å². The number of nitrogens with zero attached hydrogens (tertiary/aromatic N) is 2. The van der Waals surface area contributed by atoms with E-state index in [-0.39, 0.29) is 23.6 Å². The van der Waals surface area contributed by atoms with Crippen molar-refractivity contribution in [3.63, 3.8) is 0 Å². The van der Waals surface area contributed by atoms with E-state index in [0.29, 0.717) is 12.8 Å². The number of hydrogen-bond acceptors (Lipinski definition) is 2. The molecule has 0 saturated carbocycles. The quantitative estimate of drug-likeness (QED) is 0.474. The van der Waals surface area contributed by atoms with Gasteiger partial charge in [-0.3, -0.25) is 4.90 Å². The van der Waals surface area contributed by atoms with Gasteiger partial charge in [-0.2, -0.15) is 5.26 Å². The van der Waals surface area contributed by atoms with Crippen molar-refractivity contribution in [1.82, 2.24) is 4.90 Å². The van der Waals surface area contributed by atoms with Gasteiger partial charge in [0.2, 0.25) is 0 Å². The van der Waals surface area contributed by atoms with Crippen molar-refractivity contribution >= 4 is 0 Å². The Labute approximate surface area is 174 Å². The predicted molar refractivity (Wildman–Crippen MR) is 114 cm³/mol. The third-order valence-corrected chi connectivity index (χ3v) is 6.41. The van der Waals surface area contributed by atoms with Crippen molar-refractivity contribution in [3.05, 3.63) is 71.3 Å². The van der Waals surface area contributed by atoms with Crippen LogP contribution in [0.4, 0.5) is 8.78 Å². The van der Waals surface area contributed by atoms with Crippen LogP contribution in [0.5, 0.6) is 0 Å². The molecule has 0 amide bonds. The zero-order valence-electron chi connectivity index (χ0n) is 18.1. The fourth-order valence-corrected chi connectivity index (χ4v) is 4.24. The number of rotatable bonds is 9. The number of hydrogen-bond donors (Lipinski definition) is 0. The summed E-state index contributed by atoms with van der Waals surface area (Å²) in [5.41, 5.74) is -0.0604. The monoisotopic (exact) mass is 398 g/mol. The van der Waals surface area contributed by atoms with Crippen LogP contribution in [0.25, 0.3) is 0 Å². The molecule has 4 heteroatoms. The van der Waals surface area contributed by atoms with Gasteiger partial charge in [0.1, 0.15) is 11.6 Å². The lowest BCUT2D eigenvalue weighted by Gasteiger charge is -2.37. The van der Waals surface area contributed by atoms with Gasteiger partial charge in [-0.1, -0.05) is 57.2 Å². The summed E-state index contributed by atoms with van der Waals surface area (Å²) in [7, 11) is 2.08. The summed E-state index contributed by atoms with van der Waals surface area (Å²) in [4.78, 5) is 2.30.